The summed E-state index contributed by atoms with van der Waals surface area (Å²) < 4.78 is 18.7. The van der Waals surface area contributed by atoms with Crippen LogP contribution in [0.4, 0.5) is 0 Å². The zero-order valence-electron chi connectivity index (χ0n) is 12.4. The number of hydrogen-bond donors (Lipinski definition) is 2. The monoisotopic (exact) mass is 340 g/mol. The Morgan fingerprint density at radius 3 is 2.33 bits per heavy atom. The molecule has 2 heterocycles. The average Bonchev–Trinajstić information content (AvgIpc) is 3.20. The van der Waals surface area contributed by atoms with Gasteiger partial charge in [0.1, 0.15) is 0 Å². The Morgan fingerprint density at radius 2 is 1.62 bits per heavy atom. The second kappa shape index (κ2) is 5.46. The van der Waals surface area contributed by atoms with E-state index in [0.717, 1.165) is 16.7 Å². The van der Waals surface area contributed by atoms with Crippen molar-refractivity contribution in [1.29, 1.82) is 0 Å². The van der Waals surface area contributed by atoms with E-state index < -0.39 is 7.60 Å². The van der Waals surface area contributed by atoms with Gasteiger partial charge in [-0.1, -0.05) is 30.3 Å². The molecule has 0 fully saturated rings. The third-order valence-corrected chi connectivity index (χ3v) is 4.49. The van der Waals surface area contributed by atoms with Crippen LogP contribution in [0.25, 0.3) is 28.3 Å². The predicted octanol–water partition coefficient (Wildman–Crippen LogP) is 3.09. The fourth-order valence-corrected chi connectivity index (χ4v) is 3.12. The van der Waals surface area contributed by atoms with Crippen molar-refractivity contribution in [2.75, 3.05) is 0 Å². The van der Waals surface area contributed by atoms with Crippen LogP contribution < -0.4 is 5.50 Å². The molecule has 120 valence electrons. The minimum atomic E-state index is -4.44. The van der Waals surface area contributed by atoms with Gasteiger partial charge in [0.2, 0.25) is 5.50 Å². The number of para-hydroxylation sites is 3. The average molecular weight is 340 g/mol. The van der Waals surface area contributed by atoms with Gasteiger partial charge in [-0.05, 0) is 36.4 Å². The minimum Gasteiger partial charge on any atom is -0.445 e. The maximum Gasteiger partial charge on any atom is 0.391 e. The van der Waals surface area contributed by atoms with E-state index in [9.17, 15) is 14.4 Å². The van der Waals surface area contributed by atoms with E-state index in [1.165, 1.54) is 12.1 Å². The van der Waals surface area contributed by atoms with Crippen LogP contribution in [0, 0.1) is 0 Å². The van der Waals surface area contributed by atoms with Crippen LogP contribution in [0.1, 0.15) is 0 Å². The lowest BCUT2D eigenvalue weighted by Crippen LogP contribution is -1.99. The van der Waals surface area contributed by atoms with E-state index in [4.69, 9.17) is 4.42 Å². The highest BCUT2D eigenvalue weighted by molar-refractivity contribution is 7.59. The number of imidazole rings is 1. The molecule has 0 saturated carbocycles. The summed E-state index contributed by atoms with van der Waals surface area (Å²) in [5, 5.41) is 0. The molecule has 0 amide bonds. The first kappa shape index (κ1) is 14.9. The van der Waals surface area contributed by atoms with Gasteiger partial charge in [0.25, 0.3) is 0 Å². The molecule has 2 N–H and O–H groups in total. The molecule has 0 atom stereocenters. The minimum absolute atomic E-state index is 0.299. The molecule has 2 aromatic heterocycles. The highest BCUT2D eigenvalue weighted by Crippen LogP contribution is 2.36. The van der Waals surface area contributed by atoms with Crippen LogP contribution in [-0.4, -0.2) is 19.3 Å². The molecule has 2 aromatic carbocycles. The Kier molecular flexibility index (Phi) is 3.39. The fourth-order valence-electron chi connectivity index (χ4n) is 2.63. The van der Waals surface area contributed by atoms with Gasteiger partial charge in [-0.3, -0.25) is 9.13 Å². The molecule has 0 aliphatic heterocycles. The first-order valence-corrected chi connectivity index (χ1v) is 8.84. The summed E-state index contributed by atoms with van der Waals surface area (Å²) >= 11 is 0. The van der Waals surface area contributed by atoms with Gasteiger partial charge in [0, 0.05) is 5.69 Å². The standard InChI is InChI=1S/C17H13N2O4P/c20-24(21,22)16-11-10-15(23-16)17-18-13-8-4-5-9-14(13)19(17)12-6-2-1-3-7-12/h1-11H,(H2,20,21,22). The third kappa shape index (κ3) is 2.47. The molecule has 0 saturated heterocycles. The highest BCUT2D eigenvalue weighted by atomic mass is 31.2. The van der Waals surface area contributed by atoms with Crippen molar-refractivity contribution < 1.29 is 18.8 Å². The third-order valence-electron chi connectivity index (χ3n) is 3.67. The van der Waals surface area contributed by atoms with E-state index in [2.05, 4.69) is 4.98 Å². The molecule has 7 heteroatoms. The summed E-state index contributed by atoms with van der Waals surface area (Å²) in [6.45, 7) is 0. The number of hydrogen-bond acceptors (Lipinski definition) is 3. The van der Waals surface area contributed by atoms with E-state index in [-0.39, 0.29) is 5.50 Å². The van der Waals surface area contributed by atoms with Crippen LogP contribution in [0.15, 0.2) is 71.1 Å². The van der Waals surface area contributed by atoms with Gasteiger partial charge >= 0.3 is 7.60 Å². The maximum atomic E-state index is 11.4. The Labute approximate surface area is 137 Å². The van der Waals surface area contributed by atoms with E-state index in [1.54, 1.807) is 0 Å². The van der Waals surface area contributed by atoms with Gasteiger partial charge in [0.15, 0.2) is 11.6 Å². The Morgan fingerprint density at radius 1 is 0.917 bits per heavy atom. The molecular formula is C17H13N2O4P. The van der Waals surface area contributed by atoms with Crippen LogP contribution in [-0.2, 0) is 4.57 Å². The van der Waals surface area contributed by atoms with Crippen molar-refractivity contribution in [1.82, 2.24) is 9.55 Å². The lowest BCUT2D eigenvalue weighted by molar-refractivity contribution is 0.377. The molecule has 4 aromatic rings. The van der Waals surface area contributed by atoms with Crippen LogP contribution in [0.5, 0.6) is 0 Å². The van der Waals surface area contributed by atoms with Crippen molar-refractivity contribution in [3.8, 4) is 17.3 Å². The Hall–Kier alpha value is -2.66. The summed E-state index contributed by atoms with van der Waals surface area (Å²) in [5.74, 6) is 0.787. The van der Waals surface area contributed by atoms with Gasteiger partial charge in [-0.15, -0.1) is 0 Å². The fraction of sp³-hybridized carbons (Fsp3) is 0. The van der Waals surface area contributed by atoms with Gasteiger partial charge < -0.3 is 14.2 Å². The summed E-state index contributed by atoms with van der Waals surface area (Å²) in [4.78, 5) is 23.1. The second-order valence-corrected chi connectivity index (χ2v) is 6.81. The molecule has 4 rings (SSSR count). The Balaban J connectivity index is 1.99. The predicted molar refractivity (Wildman–Crippen MR) is 90.5 cm³/mol. The lowest BCUT2D eigenvalue weighted by atomic mass is 10.2. The number of nitrogens with zero attached hydrogens (tertiary/aromatic N) is 2. The van der Waals surface area contributed by atoms with Crippen LogP contribution in [0.3, 0.4) is 0 Å². The first-order chi connectivity index (χ1) is 11.5. The first-order valence-electron chi connectivity index (χ1n) is 7.23. The van der Waals surface area contributed by atoms with Crippen molar-refractivity contribution in [2.45, 2.75) is 0 Å². The molecule has 24 heavy (non-hydrogen) atoms. The second-order valence-electron chi connectivity index (χ2n) is 5.28. The molecule has 0 aliphatic rings. The molecule has 0 spiro atoms. The summed E-state index contributed by atoms with van der Waals surface area (Å²) in [6.07, 6.45) is 0. The normalized spacial score (nSPS) is 11.9. The molecular weight excluding hydrogens is 327 g/mol. The van der Waals surface area contributed by atoms with E-state index >= 15 is 0 Å². The SMILES string of the molecule is O=P(O)(O)c1ccc(-c2nc3ccccc3n2-c2ccccc2)o1. The summed E-state index contributed by atoms with van der Waals surface area (Å²) in [6, 6.07) is 20.0. The quantitative estimate of drug-likeness (QED) is 0.560. The number of fused-ring (bicyclic) bond motifs is 1. The van der Waals surface area contributed by atoms with E-state index in [0.29, 0.717) is 11.6 Å². The number of benzene rings is 2. The number of rotatable bonds is 3. The zero-order valence-corrected chi connectivity index (χ0v) is 13.3. The smallest absolute Gasteiger partial charge is 0.391 e. The van der Waals surface area contributed by atoms with Gasteiger partial charge in [0.05, 0.1) is 11.0 Å². The molecule has 0 unspecified atom stereocenters. The molecule has 0 bridgehead atoms. The highest BCUT2D eigenvalue weighted by Gasteiger charge is 2.24. The molecule has 0 radical (unpaired) electrons. The Bertz CT molecular complexity index is 1060. The summed E-state index contributed by atoms with van der Waals surface area (Å²) in [5.41, 5.74) is 2.16. The summed E-state index contributed by atoms with van der Waals surface area (Å²) in [7, 11) is -4.44. The van der Waals surface area contributed by atoms with Crippen molar-refractivity contribution in [2.24, 2.45) is 0 Å². The number of furan rings is 1. The maximum absolute atomic E-state index is 11.4. The zero-order chi connectivity index (χ0) is 16.7. The largest absolute Gasteiger partial charge is 0.445 e. The van der Waals surface area contributed by atoms with Crippen LogP contribution >= 0.6 is 7.60 Å². The van der Waals surface area contributed by atoms with Gasteiger partial charge in [-0.25, -0.2) is 4.98 Å². The molecule has 0 aliphatic carbocycles. The van der Waals surface area contributed by atoms with Crippen molar-refractivity contribution >= 4 is 24.1 Å². The number of aromatic nitrogens is 2. The van der Waals surface area contributed by atoms with E-state index in [1.807, 2.05) is 59.2 Å². The van der Waals surface area contributed by atoms with Crippen molar-refractivity contribution in [3.63, 3.8) is 0 Å². The van der Waals surface area contributed by atoms with Gasteiger partial charge in [-0.2, -0.15) is 0 Å². The van der Waals surface area contributed by atoms with Crippen molar-refractivity contribution in [3.05, 3.63) is 66.7 Å². The molecule has 6 nitrogen and oxygen atoms in total. The lowest BCUT2D eigenvalue weighted by Gasteiger charge is -2.07. The van der Waals surface area contributed by atoms with Crippen LogP contribution in [0.2, 0.25) is 0 Å². The topological polar surface area (TPSA) is 88.5 Å².